The molecule has 2 rings (SSSR count). The van der Waals surface area contributed by atoms with Crippen molar-refractivity contribution in [2.45, 2.75) is 32.6 Å². The fourth-order valence-corrected chi connectivity index (χ4v) is 4.14. The standard InChI is InChI=1S/C23H32N2O5S/c1-4-8-19-12-14-20(15-13-19)30-18-16-24-23(26)11-7-17-25(31(3,27)28)21-9-5-6-10-22(21)29-2/h5-6,9-10,12-15H,4,7-8,11,16-18H2,1-3H3,(H,24,26). The second-order valence-corrected chi connectivity index (χ2v) is 9.11. The normalized spacial score (nSPS) is 11.1. The molecule has 31 heavy (non-hydrogen) atoms. The first-order chi connectivity index (χ1) is 14.8. The highest BCUT2D eigenvalue weighted by atomic mass is 32.2. The number of para-hydroxylation sites is 2. The first kappa shape index (κ1) is 24.5. The van der Waals surface area contributed by atoms with Crippen LogP contribution in [0, 0.1) is 0 Å². The number of nitrogens with one attached hydrogen (secondary N) is 1. The van der Waals surface area contributed by atoms with Crippen molar-refractivity contribution >= 4 is 21.6 Å². The van der Waals surface area contributed by atoms with E-state index in [4.69, 9.17) is 9.47 Å². The van der Waals surface area contributed by atoms with E-state index < -0.39 is 10.0 Å². The smallest absolute Gasteiger partial charge is 0.232 e. The number of rotatable bonds is 13. The number of carbonyl (C=O) groups is 1. The monoisotopic (exact) mass is 448 g/mol. The van der Waals surface area contributed by atoms with Gasteiger partial charge in [0.05, 0.1) is 25.6 Å². The topological polar surface area (TPSA) is 84.9 Å². The lowest BCUT2D eigenvalue weighted by molar-refractivity contribution is -0.121. The summed E-state index contributed by atoms with van der Waals surface area (Å²) in [4.78, 5) is 12.1. The van der Waals surface area contributed by atoms with Gasteiger partial charge in [-0.3, -0.25) is 9.10 Å². The minimum Gasteiger partial charge on any atom is -0.495 e. The number of nitrogens with zero attached hydrogens (tertiary/aromatic N) is 1. The predicted octanol–water partition coefficient (Wildman–Crippen LogP) is 3.39. The Kier molecular flexibility index (Phi) is 9.65. The number of hydrogen-bond acceptors (Lipinski definition) is 5. The quantitative estimate of drug-likeness (QED) is 0.475. The Labute approximate surface area is 185 Å². The molecular formula is C23H32N2O5S. The van der Waals surface area contributed by atoms with Crippen molar-refractivity contribution in [3.63, 3.8) is 0 Å². The second-order valence-electron chi connectivity index (χ2n) is 7.20. The summed E-state index contributed by atoms with van der Waals surface area (Å²) in [6, 6.07) is 14.9. The van der Waals surface area contributed by atoms with Gasteiger partial charge in [-0.05, 0) is 42.7 Å². The number of aryl methyl sites for hydroxylation is 1. The van der Waals surface area contributed by atoms with Gasteiger partial charge in [0.25, 0.3) is 0 Å². The van der Waals surface area contributed by atoms with Gasteiger partial charge < -0.3 is 14.8 Å². The van der Waals surface area contributed by atoms with Crippen molar-refractivity contribution in [2.24, 2.45) is 0 Å². The lowest BCUT2D eigenvalue weighted by Crippen LogP contribution is -2.33. The minimum absolute atomic E-state index is 0.143. The first-order valence-corrected chi connectivity index (χ1v) is 12.3. The van der Waals surface area contributed by atoms with Gasteiger partial charge in [-0.15, -0.1) is 0 Å². The Morgan fingerprint density at radius 1 is 1.10 bits per heavy atom. The average Bonchev–Trinajstić information content (AvgIpc) is 2.75. The molecule has 2 aromatic rings. The molecule has 0 spiro atoms. The van der Waals surface area contributed by atoms with E-state index in [0.29, 0.717) is 31.0 Å². The molecule has 0 saturated carbocycles. The van der Waals surface area contributed by atoms with Crippen LogP contribution >= 0.6 is 0 Å². The molecule has 2 aromatic carbocycles. The van der Waals surface area contributed by atoms with Gasteiger partial charge in [0.2, 0.25) is 15.9 Å². The van der Waals surface area contributed by atoms with Crippen LogP contribution in [0.2, 0.25) is 0 Å². The van der Waals surface area contributed by atoms with Gasteiger partial charge >= 0.3 is 0 Å². The first-order valence-electron chi connectivity index (χ1n) is 10.4. The molecule has 0 heterocycles. The maximum absolute atomic E-state index is 12.2. The van der Waals surface area contributed by atoms with Crippen LogP contribution in [0.1, 0.15) is 31.7 Å². The fraction of sp³-hybridized carbons (Fsp3) is 0.435. The van der Waals surface area contributed by atoms with Crippen LogP contribution in [0.4, 0.5) is 5.69 Å². The third kappa shape index (κ3) is 8.13. The molecule has 0 unspecified atom stereocenters. The Morgan fingerprint density at radius 3 is 2.45 bits per heavy atom. The van der Waals surface area contributed by atoms with E-state index in [9.17, 15) is 13.2 Å². The minimum atomic E-state index is -3.51. The highest BCUT2D eigenvalue weighted by molar-refractivity contribution is 7.92. The summed E-state index contributed by atoms with van der Waals surface area (Å²) < 4.78 is 36.6. The van der Waals surface area contributed by atoms with Gasteiger partial charge in [0.15, 0.2) is 0 Å². The van der Waals surface area contributed by atoms with Crippen LogP contribution in [0.25, 0.3) is 0 Å². The van der Waals surface area contributed by atoms with Crippen molar-refractivity contribution in [3.05, 3.63) is 54.1 Å². The maximum Gasteiger partial charge on any atom is 0.232 e. The number of carbonyl (C=O) groups excluding carboxylic acids is 1. The van der Waals surface area contributed by atoms with Crippen LogP contribution in [0.15, 0.2) is 48.5 Å². The van der Waals surface area contributed by atoms with Gasteiger partial charge in [-0.25, -0.2) is 8.42 Å². The molecule has 0 bridgehead atoms. The number of hydrogen-bond donors (Lipinski definition) is 1. The van der Waals surface area contributed by atoms with Crippen molar-refractivity contribution < 1.29 is 22.7 Å². The zero-order valence-corrected chi connectivity index (χ0v) is 19.3. The summed E-state index contributed by atoms with van der Waals surface area (Å²) >= 11 is 0. The Hall–Kier alpha value is -2.74. The molecule has 1 N–H and O–H groups in total. The molecule has 0 aliphatic heterocycles. The molecule has 0 atom stereocenters. The summed E-state index contributed by atoms with van der Waals surface area (Å²) in [6.07, 6.45) is 3.90. The molecule has 0 radical (unpaired) electrons. The molecule has 8 heteroatoms. The number of anilines is 1. The third-order valence-electron chi connectivity index (χ3n) is 4.67. The summed E-state index contributed by atoms with van der Waals surface area (Å²) in [7, 11) is -2.01. The largest absolute Gasteiger partial charge is 0.495 e. The van der Waals surface area contributed by atoms with Gasteiger partial charge in [0.1, 0.15) is 18.1 Å². The lowest BCUT2D eigenvalue weighted by atomic mass is 10.1. The van der Waals surface area contributed by atoms with Crippen molar-refractivity contribution in [3.8, 4) is 11.5 Å². The molecule has 1 amide bonds. The summed E-state index contributed by atoms with van der Waals surface area (Å²) in [5, 5.41) is 2.80. The Balaban J connectivity index is 1.75. The Bertz CT molecular complexity index is 929. The number of methoxy groups -OCH3 is 1. The van der Waals surface area contributed by atoms with E-state index in [1.54, 1.807) is 24.3 Å². The van der Waals surface area contributed by atoms with Crippen molar-refractivity contribution in [1.29, 1.82) is 0 Å². The predicted molar refractivity (Wildman–Crippen MR) is 123 cm³/mol. The van der Waals surface area contributed by atoms with Crippen LogP contribution < -0.4 is 19.1 Å². The van der Waals surface area contributed by atoms with Gasteiger partial charge in [-0.1, -0.05) is 37.6 Å². The van der Waals surface area contributed by atoms with E-state index in [1.165, 1.54) is 17.0 Å². The average molecular weight is 449 g/mol. The molecule has 0 saturated heterocycles. The SMILES string of the molecule is CCCc1ccc(OCCNC(=O)CCCN(c2ccccc2OC)S(C)(=O)=O)cc1. The highest BCUT2D eigenvalue weighted by Gasteiger charge is 2.20. The van der Waals surface area contributed by atoms with Crippen LogP contribution in [0.3, 0.4) is 0 Å². The number of benzene rings is 2. The molecule has 170 valence electrons. The Morgan fingerprint density at radius 2 is 1.81 bits per heavy atom. The van der Waals surface area contributed by atoms with E-state index in [0.717, 1.165) is 24.8 Å². The van der Waals surface area contributed by atoms with Gasteiger partial charge in [-0.2, -0.15) is 0 Å². The van der Waals surface area contributed by atoms with E-state index in [1.807, 2.05) is 24.3 Å². The molecule has 0 aliphatic rings. The molecule has 0 aromatic heterocycles. The van der Waals surface area contributed by atoms with E-state index in [2.05, 4.69) is 12.2 Å². The summed E-state index contributed by atoms with van der Waals surface area (Å²) in [6.45, 7) is 3.09. The van der Waals surface area contributed by atoms with Crippen molar-refractivity contribution in [2.75, 3.05) is 37.4 Å². The molecule has 7 nitrogen and oxygen atoms in total. The summed E-state index contributed by atoms with van der Waals surface area (Å²) in [5.41, 5.74) is 1.74. The zero-order chi connectivity index (χ0) is 22.7. The van der Waals surface area contributed by atoms with E-state index in [-0.39, 0.29) is 18.9 Å². The summed E-state index contributed by atoms with van der Waals surface area (Å²) in [5.74, 6) is 1.10. The number of ether oxygens (including phenoxy) is 2. The fourth-order valence-electron chi connectivity index (χ4n) is 3.17. The molecule has 0 fully saturated rings. The highest BCUT2D eigenvalue weighted by Crippen LogP contribution is 2.29. The maximum atomic E-state index is 12.2. The van der Waals surface area contributed by atoms with Crippen LogP contribution in [0.5, 0.6) is 11.5 Å². The van der Waals surface area contributed by atoms with Crippen molar-refractivity contribution in [1.82, 2.24) is 5.32 Å². The molecular weight excluding hydrogens is 416 g/mol. The third-order valence-corrected chi connectivity index (χ3v) is 5.85. The lowest BCUT2D eigenvalue weighted by Gasteiger charge is -2.24. The zero-order valence-electron chi connectivity index (χ0n) is 18.5. The number of sulfonamides is 1. The van der Waals surface area contributed by atoms with E-state index >= 15 is 0 Å². The number of amides is 1. The van der Waals surface area contributed by atoms with Crippen LogP contribution in [-0.4, -0.2) is 47.4 Å². The second kappa shape index (κ2) is 12.2. The van der Waals surface area contributed by atoms with Gasteiger partial charge in [0, 0.05) is 13.0 Å². The molecule has 0 aliphatic carbocycles. The van der Waals surface area contributed by atoms with Crippen LogP contribution in [-0.2, 0) is 21.2 Å².